The highest BCUT2D eigenvalue weighted by molar-refractivity contribution is 6.72. The highest BCUT2D eigenvalue weighted by Gasteiger charge is 2.38. The van der Waals surface area contributed by atoms with Crippen LogP contribution in [0.25, 0.3) is 10.8 Å². The van der Waals surface area contributed by atoms with Gasteiger partial charge in [0.05, 0.1) is 13.0 Å². The van der Waals surface area contributed by atoms with Crippen LogP contribution in [0.1, 0.15) is 31.9 Å². The van der Waals surface area contributed by atoms with E-state index >= 15 is 0 Å². The second-order valence-corrected chi connectivity index (χ2v) is 12.0. The Morgan fingerprint density at radius 2 is 1.62 bits per heavy atom. The number of benzene rings is 2. The van der Waals surface area contributed by atoms with Crippen molar-refractivity contribution in [2.75, 3.05) is 6.61 Å². The fourth-order valence-corrected chi connectivity index (χ4v) is 3.43. The summed E-state index contributed by atoms with van der Waals surface area (Å²) < 4.78 is 5.08. The molecule has 0 unspecified atom stereocenters. The van der Waals surface area contributed by atoms with Crippen LogP contribution in [0.4, 0.5) is 0 Å². The molecule has 0 saturated heterocycles. The van der Waals surface area contributed by atoms with Gasteiger partial charge in [0.2, 0.25) is 0 Å². The Hall–Kier alpha value is -1.65. The van der Waals surface area contributed by atoms with Crippen LogP contribution >= 0.6 is 0 Å². The number of carbonyl (C=O) groups excluding carboxylic acids is 1. The molecule has 0 amide bonds. The predicted molar refractivity (Wildman–Crippen MR) is 102 cm³/mol. The number of hydrogen-bond donors (Lipinski definition) is 1. The van der Waals surface area contributed by atoms with Crippen molar-refractivity contribution >= 4 is 25.1 Å². The third-order valence-corrected chi connectivity index (χ3v) is 8.52. The average Bonchev–Trinajstić information content (AvgIpc) is 2.47. The lowest BCUT2D eigenvalue weighted by atomic mass is 9.93. The van der Waals surface area contributed by atoms with Crippen molar-refractivity contribution in [1.82, 2.24) is 0 Å². The van der Waals surface area contributed by atoms with Gasteiger partial charge < -0.3 is 9.53 Å². The van der Waals surface area contributed by atoms with Gasteiger partial charge in [0.1, 0.15) is 0 Å². The number of esters is 1. The van der Waals surface area contributed by atoms with Gasteiger partial charge in [-0.2, -0.15) is 0 Å². The zero-order chi connectivity index (χ0) is 18.0. The molecular weight excluding hydrogens is 316 g/mol. The number of carbonyl (C=O) groups is 1. The van der Waals surface area contributed by atoms with Crippen LogP contribution in [0.5, 0.6) is 0 Å². The molecule has 130 valence electrons. The van der Waals surface area contributed by atoms with E-state index in [0.29, 0.717) is 6.61 Å². The Morgan fingerprint density at radius 3 is 2.17 bits per heavy atom. The molecule has 0 bridgehead atoms. The van der Waals surface area contributed by atoms with Gasteiger partial charge in [-0.1, -0.05) is 50.2 Å². The molecule has 3 nitrogen and oxygen atoms in total. The summed E-state index contributed by atoms with van der Waals surface area (Å²) in [5.74, 6) is -0.195. The Kier molecular flexibility index (Phi) is 5.51. The van der Waals surface area contributed by atoms with E-state index in [9.17, 15) is 9.59 Å². The topological polar surface area (TPSA) is 46.5 Å². The third kappa shape index (κ3) is 4.05. The van der Waals surface area contributed by atoms with Crippen LogP contribution in [0.3, 0.4) is 0 Å². The predicted octanol–water partition coefficient (Wildman–Crippen LogP) is 4.47. The van der Waals surface area contributed by atoms with Crippen LogP contribution in [-0.4, -0.2) is 25.7 Å². The van der Waals surface area contributed by atoms with Gasteiger partial charge in [0, 0.05) is 0 Å². The smallest absolute Gasteiger partial charge is 0.310 e. The molecular formula is C20H28O3Si. The number of fused-ring (bicyclic) bond motifs is 1. The SMILES string of the molecule is CCOC(=O)Cc1cccc2c(CC(C)(C)[Si](C)(C)O)cccc12. The fraction of sp³-hybridized carbons (Fsp3) is 0.450. The summed E-state index contributed by atoms with van der Waals surface area (Å²) in [6, 6.07) is 12.3. The van der Waals surface area contributed by atoms with E-state index in [1.54, 1.807) is 0 Å². The van der Waals surface area contributed by atoms with Crippen LogP contribution < -0.4 is 0 Å². The van der Waals surface area contributed by atoms with E-state index in [-0.39, 0.29) is 17.4 Å². The van der Waals surface area contributed by atoms with E-state index < -0.39 is 8.32 Å². The quantitative estimate of drug-likeness (QED) is 0.621. The summed E-state index contributed by atoms with van der Waals surface area (Å²) >= 11 is 0. The Labute approximate surface area is 145 Å². The molecule has 0 aliphatic heterocycles. The summed E-state index contributed by atoms with van der Waals surface area (Å²) in [5.41, 5.74) is 2.21. The van der Waals surface area contributed by atoms with Crippen LogP contribution in [0.15, 0.2) is 36.4 Å². The van der Waals surface area contributed by atoms with E-state index in [0.717, 1.165) is 22.8 Å². The molecule has 1 N–H and O–H groups in total. The van der Waals surface area contributed by atoms with Crippen LogP contribution in [0.2, 0.25) is 18.1 Å². The molecule has 0 aromatic heterocycles. The summed E-state index contributed by atoms with van der Waals surface area (Å²) in [5, 5.41) is 2.13. The van der Waals surface area contributed by atoms with Gasteiger partial charge in [0.15, 0.2) is 8.32 Å². The van der Waals surface area contributed by atoms with Crippen molar-refractivity contribution < 1.29 is 14.3 Å². The summed E-state index contributed by atoms with van der Waals surface area (Å²) in [6.45, 7) is 10.5. The van der Waals surface area contributed by atoms with Crippen molar-refractivity contribution in [2.24, 2.45) is 0 Å². The van der Waals surface area contributed by atoms with Gasteiger partial charge in [-0.15, -0.1) is 0 Å². The van der Waals surface area contributed by atoms with Crippen LogP contribution in [0, 0.1) is 0 Å². The summed E-state index contributed by atoms with van der Waals surface area (Å²) in [4.78, 5) is 22.4. The van der Waals surface area contributed by atoms with Crippen molar-refractivity contribution in [1.29, 1.82) is 0 Å². The number of rotatable bonds is 6. The van der Waals surface area contributed by atoms with Crippen molar-refractivity contribution in [3.05, 3.63) is 47.5 Å². The Balaban J connectivity index is 2.42. The lowest BCUT2D eigenvalue weighted by molar-refractivity contribution is -0.142. The third-order valence-electron chi connectivity index (χ3n) is 5.03. The molecule has 0 atom stereocenters. The zero-order valence-electron chi connectivity index (χ0n) is 15.3. The van der Waals surface area contributed by atoms with E-state index in [2.05, 4.69) is 32.0 Å². The van der Waals surface area contributed by atoms with Crippen LogP contribution in [-0.2, 0) is 22.4 Å². The highest BCUT2D eigenvalue weighted by Crippen LogP contribution is 2.40. The van der Waals surface area contributed by atoms with Crippen molar-refractivity contribution in [2.45, 2.75) is 51.7 Å². The maximum absolute atomic E-state index is 11.9. The summed E-state index contributed by atoms with van der Waals surface area (Å²) in [7, 11) is -2.28. The minimum absolute atomic E-state index is 0.127. The maximum atomic E-state index is 11.9. The van der Waals surface area contributed by atoms with Crippen molar-refractivity contribution in [3.63, 3.8) is 0 Å². The first kappa shape index (κ1) is 18.7. The number of hydrogen-bond acceptors (Lipinski definition) is 3. The molecule has 2 aromatic carbocycles. The molecule has 0 aliphatic rings. The van der Waals surface area contributed by atoms with E-state index in [4.69, 9.17) is 4.74 Å². The first-order valence-electron chi connectivity index (χ1n) is 8.53. The normalized spacial score (nSPS) is 12.4. The van der Waals surface area contributed by atoms with Gasteiger partial charge >= 0.3 is 5.97 Å². The first-order chi connectivity index (χ1) is 11.2. The molecule has 0 heterocycles. The van der Waals surface area contributed by atoms with Crippen molar-refractivity contribution in [3.8, 4) is 0 Å². The Morgan fingerprint density at radius 1 is 1.08 bits per heavy atom. The van der Waals surface area contributed by atoms with Gasteiger partial charge in [-0.3, -0.25) is 4.79 Å². The van der Waals surface area contributed by atoms with Gasteiger partial charge in [-0.05, 0) is 53.4 Å². The first-order valence-corrected chi connectivity index (χ1v) is 11.5. The Bertz CT molecular complexity index is 729. The number of ether oxygens (including phenoxy) is 1. The minimum Gasteiger partial charge on any atom is -0.466 e. The standard InChI is InChI=1S/C20H28O3Si/c1-6-23-19(21)13-15-9-7-12-18-16(10-8-11-17(15)18)14-20(2,3)24(4,5)22/h7-12,22H,6,13-14H2,1-5H3. The lowest BCUT2D eigenvalue weighted by Crippen LogP contribution is -2.40. The molecule has 4 heteroatoms. The molecule has 0 fully saturated rings. The van der Waals surface area contributed by atoms with E-state index in [1.165, 1.54) is 5.56 Å². The second kappa shape index (κ2) is 7.07. The molecule has 2 rings (SSSR count). The van der Waals surface area contributed by atoms with Gasteiger partial charge in [-0.25, -0.2) is 0 Å². The summed E-state index contributed by atoms with van der Waals surface area (Å²) in [6.07, 6.45) is 1.11. The minimum atomic E-state index is -2.28. The molecule has 24 heavy (non-hydrogen) atoms. The molecule has 2 aromatic rings. The van der Waals surface area contributed by atoms with E-state index in [1.807, 2.05) is 38.2 Å². The molecule has 0 radical (unpaired) electrons. The lowest BCUT2D eigenvalue weighted by Gasteiger charge is -2.35. The monoisotopic (exact) mass is 344 g/mol. The molecule has 0 spiro atoms. The van der Waals surface area contributed by atoms with Gasteiger partial charge in [0.25, 0.3) is 0 Å². The molecule has 0 saturated carbocycles. The largest absolute Gasteiger partial charge is 0.466 e. The maximum Gasteiger partial charge on any atom is 0.310 e. The average molecular weight is 345 g/mol. The highest BCUT2D eigenvalue weighted by atomic mass is 28.4. The molecule has 0 aliphatic carbocycles. The zero-order valence-corrected chi connectivity index (χ0v) is 16.3. The fourth-order valence-electron chi connectivity index (χ4n) is 2.81. The second-order valence-electron chi connectivity index (χ2n) is 7.53.